The Bertz CT molecular complexity index is 397. The summed E-state index contributed by atoms with van der Waals surface area (Å²) < 4.78 is 0. The average molecular weight is 250 g/mol. The first kappa shape index (κ1) is 13.1. The van der Waals surface area contributed by atoms with Gasteiger partial charge in [-0.1, -0.05) is 0 Å². The largest absolute Gasteiger partial charge is 0.396 e. The lowest BCUT2D eigenvalue weighted by molar-refractivity contribution is 0.263. The standard InChI is InChI=1S/C13H22N4O/c1-3-14-12-10(2)13(16-9-15-12)17-6-4-11(8-17)5-7-18/h9,11,18H,3-8H2,1-2H3,(H,14,15,16). The summed E-state index contributed by atoms with van der Waals surface area (Å²) >= 11 is 0. The zero-order chi connectivity index (χ0) is 13.0. The van der Waals surface area contributed by atoms with Gasteiger partial charge in [-0.05, 0) is 32.6 Å². The van der Waals surface area contributed by atoms with Gasteiger partial charge in [0.2, 0.25) is 0 Å². The molecule has 1 aromatic heterocycles. The van der Waals surface area contributed by atoms with Crippen LogP contribution in [0.3, 0.4) is 0 Å². The van der Waals surface area contributed by atoms with Crippen molar-refractivity contribution in [3.63, 3.8) is 0 Å². The Morgan fingerprint density at radius 3 is 3.06 bits per heavy atom. The van der Waals surface area contributed by atoms with Crippen LogP contribution in [0.4, 0.5) is 11.6 Å². The van der Waals surface area contributed by atoms with Crippen LogP contribution >= 0.6 is 0 Å². The molecule has 0 amide bonds. The van der Waals surface area contributed by atoms with Crippen molar-refractivity contribution >= 4 is 11.6 Å². The van der Waals surface area contributed by atoms with E-state index in [0.29, 0.717) is 5.92 Å². The molecule has 0 saturated carbocycles. The van der Waals surface area contributed by atoms with Crippen molar-refractivity contribution in [2.45, 2.75) is 26.7 Å². The molecular formula is C13H22N4O. The summed E-state index contributed by atoms with van der Waals surface area (Å²) in [5, 5.41) is 12.3. The van der Waals surface area contributed by atoms with Gasteiger partial charge in [0.25, 0.3) is 0 Å². The summed E-state index contributed by atoms with van der Waals surface area (Å²) in [6.07, 6.45) is 3.65. The molecular weight excluding hydrogens is 228 g/mol. The Labute approximate surface area is 108 Å². The molecule has 5 nitrogen and oxygen atoms in total. The van der Waals surface area contributed by atoms with Crippen molar-refractivity contribution in [2.24, 2.45) is 5.92 Å². The first-order valence-corrected chi connectivity index (χ1v) is 6.67. The normalized spacial score (nSPS) is 19.3. The molecule has 2 rings (SSSR count). The van der Waals surface area contributed by atoms with E-state index in [0.717, 1.165) is 49.7 Å². The molecule has 18 heavy (non-hydrogen) atoms. The molecule has 1 aromatic rings. The van der Waals surface area contributed by atoms with Crippen LogP contribution in [0, 0.1) is 12.8 Å². The minimum absolute atomic E-state index is 0.282. The monoisotopic (exact) mass is 250 g/mol. The Morgan fingerprint density at radius 2 is 2.33 bits per heavy atom. The van der Waals surface area contributed by atoms with E-state index in [1.807, 2.05) is 0 Å². The van der Waals surface area contributed by atoms with Gasteiger partial charge in [-0.15, -0.1) is 0 Å². The molecule has 100 valence electrons. The summed E-state index contributed by atoms with van der Waals surface area (Å²) in [6, 6.07) is 0. The maximum Gasteiger partial charge on any atom is 0.137 e. The Kier molecular flexibility index (Phi) is 4.36. The summed E-state index contributed by atoms with van der Waals surface area (Å²) in [5.41, 5.74) is 1.11. The van der Waals surface area contributed by atoms with Gasteiger partial charge in [0.1, 0.15) is 18.0 Å². The van der Waals surface area contributed by atoms with E-state index >= 15 is 0 Å². The molecule has 1 aliphatic rings. The predicted molar refractivity (Wildman–Crippen MR) is 73.0 cm³/mol. The maximum atomic E-state index is 9.00. The SMILES string of the molecule is CCNc1ncnc(N2CCC(CCO)C2)c1C. The fourth-order valence-corrected chi connectivity index (χ4v) is 2.55. The Balaban J connectivity index is 2.12. The van der Waals surface area contributed by atoms with Crippen molar-refractivity contribution in [2.75, 3.05) is 36.5 Å². The minimum Gasteiger partial charge on any atom is -0.396 e. The molecule has 0 bridgehead atoms. The van der Waals surface area contributed by atoms with Crippen LogP contribution in [0.1, 0.15) is 25.3 Å². The van der Waals surface area contributed by atoms with Gasteiger partial charge in [0.05, 0.1) is 0 Å². The first-order valence-electron chi connectivity index (χ1n) is 6.67. The van der Waals surface area contributed by atoms with Crippen molar-refractivity contribution in [1.82, 2.24) is 9.97 Å². The van der Waals surface area contributed by atoms with E-state index in [1.54, 1.807) is 6.33 Å². The smallest absolute Gasteiger partial charge is 0.137 e. The quantitative estimate of drug-likeness (QED) is 0.827. The molecule has 5 heteroatoms. The van der Waals surface area contributed by atoms with Gasteiger partial charge in [-0.2, -0.15) is 0 Å². The van der Waals surface area contributed by atoms with Gasteiger partial charge in [0.15, 0.2) is 0 Å². The molecule has 2 N–H and O–H groups in total. The molecule has 0 radical (unpaired) electrons. The molecule has 0 aliphatic carbocycles. The second kappa shape index (κ2) is 6.00. The number of aliphatic hydroxyl groups excluding tert-OH is 1. The predicted octanol–water partition coefficient (Wildman–Crippen LogP) is 1.43. The second-order valence-electron chi connectivity index (χ2n) is 4.81. The van der Waals surface area contributed by atoms with E-state index in [2.05, 4.69) is 34.0 Å². The molecule has 2 heterocycles. The number of aliphatic hydroxyl groups is 1. The number of aromatic nitrogens is 2. The fourth-order valence-electron chi connectivity index (χ4n) is 2.55. The molecule has 1 aliphatic heterocycles. The van der Waals surface area contributed by atoms with Gasteiger partial charge in [0, 0.05) is 31.8 Å². The number of rotatable bonds is 5. The Hall–Kier alpha value is -1.36. The van der Waals surface area contributed by atoms with Gasteiger partial charge in [-0.3, -0.25) is 0 Å². The van der Waals surface area contributed by atoms with E-state index in [1.165, 1.54) is 0 Å². The van der Waals surface area contributed by atoms with Gasteiger partial charge in [-0.25, -0.2) is 9.97 Å². The molecule has 1 fully saturated rings. The lowest BCUT2D eigenvalue weighted by Gasteiger charge is -2.20. The fraction of sp³-hybridized carbons (Fsp3) is 0.692. The van der Waals surface area contributed by atoms with Crippen molar-refractivity contribution in [3.05, 3.63) is 11.9 Å². The van der Waals surface area contributed by atoms with Gasteiger partial charge < -0.3 is 15.3 Å². The highest BCUT2D eigenvalue weighted by Gasteiger charge is 2.24. The zero-order valence-corrected chi connectivity index (χ0v) is 11.2. The van der Waals surface area contributed by atoms with Crippen LogP contribution in [0.15, 0.2) is 6.33 Å². The highest BCUT2D eigenvalue weighted by atomic mass is 16.3. The number of nitrogens with one attached hydrogen (secondary N) is 1. The summed E-state index contributed by atoms with van der Waals surface area (Å²) in [7, 11) is 0. The highest BCUT2D eigenvalue weighted by Crippen LogP contribution is 2.28. The third-order valence-electron chi connectivity index (χ3n) is 3.52. The van der Waals surface area contributed by atoms with Crippen LogP contribution in [0.5, 0.6) is 0 Å². The number of nitrogens with zero attached hydrogens (tertiary/aromatic N) is 3. The van der Waals surface area contributed by atoms with Crippen LogP contribution in [-0.2, 0) is 0 Å². The zero-order valence-electron chi connectivity index (χ0n) is 11.2. The third kappa shape index (κ3) is 2.72. The lowest BCUT2D eigenvalue weighted by Crippen LogP contribution is -2.22. The number of anilines is 2. The van der Waals surface area contributed by atoms with E-state index in [-0.39, 0.29) is 6.61 Å². The van der Waals surface area contributed by atoms with E-state index in [4.69, 9.17) is 5.11 Å². The van der Waals surface area contributed by atoms with Crippen molar-refractivity contribution in [1.29, 1.82) is 0 Å². The van der Waals surface area contributed by atoms with Crippen molar-refractivity contribution in [3.8, 4) is 0 Å². The molecule has 0 spiro atoms. The topological polar surface area (TPSA) is 61.3 Å². The van der Waals surface area contributed by atoms with Crippen LogP contribution in [0.25, 0.3) is 0 Å². The van der Waals surface area contributed by atoms with Crippen LogP contribution in [-0.4, -0.2) is 41.3 Å². The first-order chi connectivity index (χ1) is 8.76. The number of hydrogen-bond acceptors (Lipinski definition) is 5. The van der Waals surface area contributed by atoms with E-state index in [9.17, 15) is 0 Å². The highest BCUT2D eigenvalue weighted by molar-refractivity contribution is 5.58. The Morgan fingerprint density at radius 1 is 1.50 bits per heavy atom. The maximum absolute atomic E-state index is 9.00. The third-order valence-corrected chi connectivity index (χ3v) is 3.52. The summed E-state index contributed by atoms with van der Waals surface area (Å²) in [6.45, 7) is 7.29. The lowest BCUT2D eigenvalue weighted by atomic mass is 10.1. The number of hydrogen-bond donors (Lipinski definition) is 2. The summed E-state index contributed by atoms with van der Waals surface area (Å²) in [4.78, 5) is 11.0. The molecule has 1 saturated heterocycles. The van der Waals surface area contributed by atoms with E-state index < -0.39 is 0 Å². The minimum atomic E-state index is 0.282. The molecule has 0 aromatic carbocycles. The van der Waals surface area contributed by atoms with Crippen molar-refractivity contribution < 1.29 is 5.11 Å². The molecule has 1 atom stereocenters. The van der Waals surface area contributed by atoms with Crippen LogP contribution < -0.4 is 10.2 Å². The molecule has 1 unspecified atom stereocenters. The average Bonchev–Trinajstić information content (AvgIpc) is 2.81. The van der Waals surface area contributed by atoms with Gasteiger partial charge >= 0.3 is 0 Å². The second-order valence-corrected chi connectivity index (χ2v) is 4.81. The van der Waals surface area contributed by atoms with Crippen LogP contribution in [0.2, 0.25) is 0 Å². The summed E-state index contributed by atoms with van der Waals surface area (Å²) in [5.74, 6) is 2.54.